The SMILES string of the molecule is C#CCN(CC(C)C(=O)O)C1CCCCCC1. The fraction of sp³-hybridized carbons (Fsp3) is 0.786. The molecule has 1 rings (SSSR count). The second kappa shape index (κ2) is 7.34. The number of carboxylic acids is 1. The molecule has 0 radical (unpaired) electrons. The first kappa shape index (κ1) is 14.1. The van der Waals surface area contributed by atoms with Crippen molar-refractivity contribution in [1.29, 1.82) is 0 Å². The molecule has 0 aliphatic heterocycles. The largest absolute Gasteiger partial charge is 0.481 e. The van der Waals surface area contributed by atoms with Crippen molar-refractivity contribution in [2.45, 2.75) is 51.5 Å². The summed E-state index contributed by atoms with van der Waals surface area (Å²) < 4.78 is 0. The molecule has 17 heavy (non-hydrogen) atoms. The molecule has 1 N–H and O–H groups in total. The van der Waals surface area contributed by atoms with E-state index in [4.69, 9.17) is 11.5 Å². The van der Waals surface area contributed by atoms with Gasteiger partial charge in [0.2, 0.25) is 0 Å². The third-order valence-electron chi connectivity index (χ3n) is 3.57. The van der Waals surface area contributed by atoms with E-state index in [0.29, 0.717) is 19.1 Å². The van der Waals surface area contributed by atoms with Crippen molar-refractivity contribution in [3.05, 3.63) is 0 Å². The van der Waals surface area contributed by atoms with Gasteiger partial charge in [0.15, 0.2) is 0 Å². The number of carboxylic acid groups (broad SMARTS) is 1. The highest BCUT2D eigenvalue weighted by atomic mass is 16.4. The van der Waals surface area contributed by atoms with Crippen molar-refractivity contribution in [2.75, 3.05) is 13.1 Å². The van der Waals surface area contributed by atoms with Crippen LogP contribution in [-0.4, -0.2) is 35.1 Å². The fourth-order valence-corrected chi connectivity index (χ4v) is 2.51. The lowest BCUT2D eigenvalue weighted by molar-refractivity contribution is -0.141. The number of terminal acetylenes is 1. The zero-order valence-electron chi connectivity index (χ0n) is 10.7. The molecule has 0 heterocycles. The van der Waals surface area contributed by atoms with E-state index >= 15 is 0 Å². The van der Waals surface area contributed by atoms with Crippen LogP contribution in [0.1, 0.15) is 45.4 Å². The van der Waals surface area contributed by atoms with E-state index in [1.807, 2.05) is 0 Å². The second-order valence-corrected chi connectivity index (χ2v) is 5.02. The van der Waals surface area contributed by atoms with E-state index in [9.17, 15) is 4.79 Å². The molecule has 1 saturated carbocycles. The number of carbonyl (C=O) groups is 1. The standard InChI is InChI=1S/C14H23NO2/c1-3-10-15(11-12(2)14(16)17)13-8-6-4-5-7-9-13/h1,12-13H,4-11H2,2H3,(H,16,17). The van der Waals surface area contributed by atoms with Crippen LogP contribution in [-0.2, 0) is 4.79 Å². The summed E-state index contributed by atoms with van der Waals surface area (Å²) in [6, 6.07) is 0.482. The van der Waals surface area contributed by atoms with Crippen LogP contribution in [0.25, 0.3) is 0 Å². The van der Waals surface area contributed by atoms with Gasteiger partial charge in [-0.25, -0.2) is 0 Å². The molecule has 0 spiro atoms. The number of aliphatic carboxylic acids is 1. The quantitative estimate of drug-likeness (QED) is 0.589. The summed E-state index contributed by atoms with van der Waals surface area (Å²) in [5.74, 6) is 1.59. The lowest BCUT2D eigenvalue weighted by Crippen LogP contribution is -2.40. The summed E-state index contributed by atoms with van der Waals surface area (Å²) in [5, 5.41) is 8.97. The number of nitrogens with zero attached hydrogens (tertiary/aromatic N) is 1. The molecule has 3 heteroatoms. The predicted molar refractivity (Wildman–Crippen MR) is 68.7 cm³/mol. The summed E-state index contributed by atoms with van der Waals surface area (Å²) >= 11 is 0. The van der Waals surface area contributed by atoms with Crippen LogP contribution in [0, 0.1) is 18.3 Å². The smallest absolute Gasteiger partial charge is 0.307 e. The van der Waals surface area contributed by atoms with E-state index < -0.39 is 5.97 Å². The molecule has 0 aromatic heterocycles. The summed E-state index contributed by atoms with van der Waals surface area (Å²) in [6.07, 6.45) is 12.8. The first-order valence-corrected chi connectivity index (χ1v) is 6.55. The van der Waals surface area contributed by atoms with Crippen LogP contribution >= 0.6 is 0 Å². The van der Waals surface area contributed by atoms with Gasteiger partial charge >= 0.3 is 5.97 Å². The van der Waals surface area contributed by atoms with Crippen LogP contribution in [0.2, 0.25) is 0 Å². The zero-order valence-corrected chi connectivity index (χ0v) is 10.7. The third-order valence-corrected chi connectivity index (χ3v) is 3.57. The summed E-state index contributed by atoms with van der Waals surface area (Å²) in [7, 11) is 0. The van der Waals surface area contributed by atoms with Crippen molar-refractivity contribution >= 4 is 5.97 Å². The van der Waals surface area contributed by atoms with E-state index in [0.717, 1.165) is 12.8 Å². The maximum absolute atomic E-state index is 10.9. The first-order valence-electron chi connectivity index (χ1n) is 6.55. The Morgan fingerprint density at radius 2 is 2.00 bits per heavy atom. The molecule has 0 bridgehead atoms. The van der Waals surface area contributed by atoms with Crippen LogP contribution in [0.5, 0.6) is 0 Å². The van der Waals surface area contributed by atoms with Gasteiger partial charge in [0, 0.05) is 12.6 Å². The van der Waals surface area contributed by atoms with Crippen LogP contribution in [0.15, 0.2) is 0 Å². The molecule has 0 aromatic rings. The third kappa shape index (κ3) is 4.79. The molecule has 1 unspecified atom stereocenters. The number of rotatable bonds is 5. The average molecular weight is 237 g/mol. The van der Waals surface area contributed by atoms with E-state index in [2.05, 4.69) is 10.8 Å². The Balaban J connectivity index is 2.56. The van der Waals surface area contributed by atoms with Gasteiger partial charge in [0.05, 0.1) is 12.5 Å². The van der Waals surface area contributed by atoms with Gasteiger partial charge in [-0.15, -0.1) is 6.42 Å². The van der Waals surface area contributed by atoms with Crippen LogP contribution in [0.4, 0.5) is 0 Å². The molecule has 0 saturated heterocycles. The first-order chi connectivity index (χ1) is 8.15. The maximum atomic E-state index is 10.9. The lowest BCUT2D eigenvalue weighted by Gasteiger charge is -2.30. The molecule has 96 valence electrons. The summed E-state index contributed by atoms with van der Waals surface area (Å²) in [6.45, 7) is 2.90. The Bertz CT molecular complexity index is 274. The average Bonchev–Trinajstić information content (AvgIpc) is 2.56. The monoisotopic (exact) mass is 237 g/mol. The molecule has 1 fully saturated rings. The lowest BCUT2D eigenvalue weighted by atomic mass is 10.0. The fourth-order valence-electron chi connectivity index (χ4n) is 2.51. The van der Waals surface area contributed by atoms with Crippen molar-refractivity contribution in [3.63, 3.8) is 0 Å². The van der Waals surface area contributed by atoms with Gasteiger partial charge in [0.25, 0.3) is 0 Å². The summed E-state index contributed by atoms with van der Waals surface area (Å²) in [4.78, 5) is 13.1. The molecule has 1 atom stereocenters. The Kier molecular flexibility index (Phi) is 6.07. The highest BCUT2D eigenvalue weighted by Gasteiger charge is 2.23. The number of hydrogen-bond acceptors (Lipinski definition) is 2. The van der Waals surface area contributed by atoms with Crippen molar-refractivity contribution in [3.8, 4) is 12.3 Å². The molecular weight excluding hydrogens is 214 g/mol. The minimum atomic E-state index is -0.736. The molecular formula is C14H23NO2. The molecule has 0 amide bonds. The highest BCUT2D eigenvalue weighted by Crippen LogP contribution is 2.22. The van der Waals surface area contributed by atoms with Crippen LogP contribution in [0.3, 0.4) is 0 Å². The van der Waals surface area contributed by atoms with Gasteiger partial charge in [-0.05, 0) is 12.8 Å². The number of hydrogen-bond donors (Lipinski definition) is 1. The van der Waals surface area contributed by atoms with E-state index in [1.54, 1.807) is 6.92 Å². The minimum absolute atomic E-state index is 0.341. The van der Waals surface area contributed by atoms with E-state index in [-0.39, 0.29) is 5.92 Å². The predicted octanol–water partition coefficient (Wildman–Crippen LogP) is 2.37. The molecule has 3 nitrogen and oxygen atoms in total. The van der Waals surface area contributed by atoms with Crippen molar-refractivity contribution in [2.24, 2.45) is 5.92 Å². The maximum Gasteiger partial charge on any atom is 0.307 e. The van der Waals surface area contributed by atoms with Gasteiger partial charge in [-0.3, -0.25) is 9.69 Å². The second-order valence-electron chi connectivity index (χ2n) is 5.02. The molecule has 1 aliphatic carbocycles. The molecule has 0 aromatic carbocycles. The Morgan fingerprint density at radius 1 is 1.41 bits per heavy atom. The highest BCUT2D eigenvalue weighted by molar-refractivity contribution is 5.69. The minimum Gasteiger partial charge on any atom is -0.481 e. The Labute approximate surface area is 104 Å². The van der Waals surface area contributed by atoms with Gasteiger partial charge in [-0.1, -0.05) is 38.5 Å². The van der Waals surface area contributed by atoms with Crippen LogP contribution < -0.4 is 0 Å². The summed E-state index contributed by atoms with van der Waals surface area (Å²) in [5.41, 5.74) is 0. The van der Waals surface area contributed by atoms with E-state index in [1.165, 1.54) is 25.7 Å². The van der Waals surface area contributed by atoms with Gasteiger partial charge < -0.3 is 5.11 Å². The molecule has 1 aliphatic rings. The van der Waals surface area contributed by atoms with Gasteiger partial charge in [-0.2, -0.15) is 0 Å². The normalized spacial score (nSPS) is 19.6. The zero-order chi connectivity index (χ0) is 12.7. The topological polar surface area (TPSA) is 40.5 Å². The Morgan fingerprint density at radius 3 is 2.47 bits per heavy atom. The van der Waals surface area contributed by atoms with Crippen molar-refractivity contribution < 1.29 is 9.90 Å². The Hall–Kier alpha value is -1.01. The van der Waals surface area contributed by atoms with Crippen molar-refractivity contribution in [1.82, 2.24) is 4.90 Å². The van der Waals surface area contributed by atoms with Gasteiger partial charge in [0.1, 0.15) is 0 Å².